The van der Waals surface area contributed by atoms with Crippen molar-refractivity contribution in [1.82, 2.24) is 15.3 Å². The van der Waals surface area contributed by atoms with Crippen LogP contribution in [0.5, 0.6) is 0 Å². The molecule has 3 rings (SSSR count). The summed E-state index contributed by atoms with van der Waals surface area (Å²) in [4.78, 5) is 10.6. The topological polar surface area (TPSA) is 53.1 Å². The van der Waals surface area contributed by atoms with Crippen LogP contribution in [0.1, 0.15) is 0 Å². The smallest absolute Gasteiger partial charge is 0.138 e. The lowest BCUT2D eigenvalue weighted by molar-refractivity contribution is 0.471. The molecule has 2 aromatic rings. The molecule has 5 nitrogen and oxygen atoms in total. The maximum atomic E-state index is 4.31. The van der Waals surface area contributed by atoms with Gasteiger partial charge in [0, 0.05) is 26.2 Å². The van der Waals surface area contributed by atoms with Crippen molar-refractivity contribution in [1.29, 1.82) is 0 Å². The summed E-state index contributed by atoms with van der Waals surface area (Å²) in [6, 6.07) is 6.59. The minimum absolute atomic E-state index is 0.486. The molecular formula is C12H15N5S. The second-order valence-corrected chi connectivity index (χ2v) is 5.20. The van der Waals surface area contributed by atoms with Crippen molar-refractivity contribution in [2.45, 2.75) is 6.04 Å². The van der Waals surface area contributed by atoms with Gasteiger partial charge in [-0.25, -0.2) is 9.97 Å². The summed E-state index contributed by atoms with van der Waals surface area (Å²) in [5, 5.41) is 9.84. The van der Waals surface area contributed by atoms with Crippen molar-refractivity contribution >= 4 is 28.0 Å². The van der Waals surface area contributed by atoms with Crippen molar-refractivity contribution in [3.63, 3.8) is 0 Å². The number of nitrogens with one attached hydrogen (secondary N) is 2. The Kier molecular flexibility index (Phi) is 3.12. The highest BCUT2D eigenvalue weighted by molar-refractivity contribution is 7.14. The third kappa shape index (κ3) is 2.30. The fourth-order valence-corrected chi connectivity index (χ4v) is 2.49. The molecule has 1 saturated heterocycles. The fourth-order valence-electron chi connectivity index (χ4n) is 1.78. The van der Waals surface area contributed by atoms with Crippen LogP contribution in [0.25, 0.3) is 0 Å². The van der Waals surface area contributed by atoms with Crippen molar-refractivity contribution in [3.05, 3.63) is 29.9 Å². The molecule has 1 aliphatic heterocycles. The Morgan fingerprint density at radius 2 is 2.33 bits per heavy atom. The van der Waals surface area contributed by atoms with Crippen molar-refractivity contribution in [3.8, 4) is 0 Å². The Labute approximate surface area is 110 Å². The average molecular weight is 261 g/mol. The molecular weight excluding hydrogens is 246 g/mol. The number of thiophene rings is 1. The fraction of sp³-hybridized carbons (Fsp3) is 0.333. The largest absolute Gasteiger partial charge is 0.365 e. The van der Waals surface area contributed by atoms with Crippen LogP contribution in [0.15, 0.2) is 29.9 Å². The Morgan fingerprint density at radius 3 is 3.00 bits per heavy atom. The quantitative estimate of drug-likeness (QED) is 0.877. The van der Waals surface area contributed by atoms with Gasteiger partial charge >= 0.3 is 0 Å². The summed E-state index contributed by atoms with van der Waals surface area (Å²) >= 11 is 1.70. The van der Waals surface area contributed by atoms with Gasteiger partial charge in [0.25, 0.3) is 0 Å². The molecule has 0 spiro atoms. The highest BCUT2D eigenvalue weighted by atomic mass is 32.1. The lowest BCUT2D eigenvalue weighted by Gasteiger charge is -2.28. The molecule has 0 saturated carbocycles. The van der Waals surface area contributed by atoms with E-state index in [1.54, 1.807) is 17.7 Å². The highest BCUT2D eigenvalue weighted by Crippen LogP contribution is 2.27. The Balaban J connectivity index is 1.77. The van der Waals surface area contributed by atoms with Gasteiger partial charge in [-0.1, -0.05) is 0 Å². The van der Waals surface area contributed by atoms with E-state index in [1.165, 1.54) is 5.00 Å². The number of hydrogen-bond donors (Lipinski definition) is 2. The van der Waals surface area contributed by atoms with E-state index < -0.39 is 0 Å². The molecule has 94 valence electrons. The van der Waals surface area contributed by atoms with Crippen LogP contribution in [-0.2, 0) is 0 Å². The Bertz CT molecular complexity index is 509. The first kappa shape index (κ1) is 11.4. The lowest BCUT2D eigenvalue weighted by Crippen LogP contribution is -2.51. The average Bonchev–Trinajstić information content (AvgIpc) is 2.87. The molecule has 1 aliphatic rings. The highest BCUT2D eigenvalue weighted by Gasteiger charge is 2.17. The van der Waals surface area contributed by atoms with Crippen LogP contribution in [0.4, 0.5) is 16.6 Å². The molecule has 0 aliphatic carbocycles. The normalized spacial score (nSPS) is 15.2. The van der Waals surface area contributed by atoms with E-state index in [0.717, 1.165) is 24.7 Å². The summed E-state index contributed by atoms with van der Waals surface area (Å²) in [7, 11) is 2.02. The first-order valence-corrected chi connectivity index (χ1v) is 6.77. The van der Waals surface area contributed by atoms with Gasteiger partial charge in [0.2, 0.25) is 0 Å². The summed E-state index contributed by atoms with van der Waals surface area (Å²) < 4.78 is 0. The summed E-state index contributed by atoms with van der Waals surface area (Å²) in [6.07, 6.45) is 1.61. The molecule has 2 N–H and O–H groups in total. The van der Waals surface area contributed by atoms with Crippen LogP contribution < -0.4 is 15.5 Å². The van der Waals surface area contributed by atoms with Crippen LogP contribution in [-0.4, -0.2) is 36.1 Å². The van der Waals surface area contributed by atoms with Gasteiger partial charge < -0.3 is 15.5 Å². The Morgan fingerprint density at radius 1 is 1.44 bits per heavy atom. The molecule has 2 aromatic heterocycles. The van der Waals surface area contributed by atoms with Gasteiger partial charge in [-0.2, -0.15) is 0 Å². The second-order valence-electron chi connectivity index (χ2n) is 4.27. The number of aromatic nitrogens is 2. The zero-order valence-electron chi connectivity index (χ0n) is 10.1. The van der Waals surface area contributed by atoms with E-state index in [1.807, 2.05) is 19.2 Å². The molecule has 3 heterocycles. The predicted molar refractivity (Wildman–Crippen MR) is 74.7 cm³/mol. The molecule has 18 heavy (non-hydrogen) atoms. The molecule has 0 atom stereocenters. The molecule has 1 fully saturated rings. The van der Waals surface area contributed by atoms with Gasteiger partial charge in [-0.05, 0) is 17.5 Å². The standard InChI is InChI=1S/C12H15N5S/c1-17(12-3-2-4-18-12)11-5-10(14-8-15-11)16-9-6-13-7-9/h2-5,8-9,13H,6-7H2,1H3,(H,14,15,16). The minimum atomic E-state index is 0.486. The second kappa shape index (κ2) is 4.91. The SMILES string of the molecule is CN(c1cc(NC2CNC2)ncn1)c1cccs1. The van der Waals surface area contributed by atoms with Gasteiger partial charge in [0.05, 0.1) is 11.0 Å². The number of rotatable bonds is 4. The van der Waals surface area contributed by atoms with Gasteiger partial charge in [0.1, 0.15) is 18.0 Å². The van der Waals surface area contributed by atoms with Crippen LogP contribution in [0, 0.1) is 0 Å². The van der Waals surface area contributed by atoms with E-state index in [2.05, 4.69) is 36.9 Å². The minimum Gasteiger partial charge on any atom is -0.365 e. The summed E-state index contributed by atoms with van der Waals surface area (Å²) in [5.41, 5.74) is 0. The van der Waals surface area contributed by atoms with Gasteiger partial charge in [-0.15, -0.1) is 11.3 Å². The van der Waals surface area contributed by atoms with Crippen molar-refractivity contribution in [2.24, 2.45) is 0 Å². The van der Waals surface area contributed by atoms with Gasteiger partial charge in [-0.3, -0.25) is 0 Å². The molecule has 0 aromatic carbocycles. The Hall–Kier alpha value is -1.66. The van der Waals surface area contributed by atoms with E-state index >= 15 is 0 Å². The molecule has 6 heteroatoms. The van der Waals surface area contributed by atoms with E-state index in [9.17, 15) is 0 Å². The summed E-state index contributed by atoms with van der Waals surface area (Å²) in [5.74, 6) is 1.79. The molecule has 0 unspecified atom stereocenters. The molecule has 0 bridgehead atoms. The third-order valence-corrected chi connectivity index (χ3v) is 3.91. The zero-order chi connectivity index (χ0) is 12.4. The monoisotopic (exact) mass is 261 g/mol. The predicted octanol–water partition coefficient (Wildman–Crippen LogP) is 1.69. The van der Waals surface area contributed by atoms with Gasteiger partial charge in [0.15, 0.2) is 0 Å². The molecule has 0 amide bonds. The number of hydrogen-bond acceptors (Lipinski definition) is 6. The van der Waals surface area contributed by atoms with Crippen LogP contribution in [0.2, 0.25) is 0 Å². The first-order valence-electron chi connectivity index (χ1n) is 5.89. The zero-order valence-corrected chi connectivity index (χ0v) is 10.9. The first-order chi connectivity index (χ1) is 8.83. The van der Waals surface area contributed by atoms with Crippen LogP contribution >= 0.6 is 11.3 Å². The third-order valence-electron chi connectivity index (χ3n) is 2.97. The number of nitrogens with zero attached hydrogens (tertiary/aromatic N) is 3. The van der Waals surface area contributed by atoms with Crippen molar-refractivity contribution < 1.29 is 0 Å². The number of anilines is 3. The molecule has 0 radical (unpaired) electrons. The van der Waals surface area contributed by atoms with E-state index in [-0.39, 0.29) is 0 Å². The maximum Gasteiger partial charge on any atom is 0.138 e. The van der Waals surface area contributed by atoms with E-state index in [4.69, 9.17) is 0 Å². The lowest BCUT2D eigenvalue weighted by atomic mass is 10.2. The summed E-state index contributed by atoms with van der Waals surface area (Å²) in [6.45, 7) is 2.00. The van der Waals surface area contributed by atoms with E-state index in [0.29, 0.717) is 6.04 Å². The maximum absolute atomic E-state index is 4.31. The van der Waals surface area contributed by atoms with Crippen LogP contribution in [0.3, 0.4) is 0 Å². The van der Waals surface area contributed by atoms with Crippen molar-refractivity contribution in [2.75, 3.05) is 30.4 Å².